The molecule has 4 rings (SSSR count). The maximum absolute atomic E-state index is 14.2. The Morgan fingerprint density at radius 2 is 1.67 bits per heavy atom. The molecule has 2 N–H and O–H groups in total. The topological polar surface area (TPSA) is 59.1 Å². The van der Waals surface area contributed by atoms with Crippen molar-refractivity contribution in [3.05, 3.63) is 60.2 Å². The normalized spacial score (nSPS) is 14.7. The first-order chi connectivity index (χ1) is 15.8. The van der Waals surface area contributed by atoms with Gasteiger partial charge in [0.1, 0.15) is 11.6 Å². The van der Waals surface area contributed by atoms with Crippen molar-refractivity contribution in [1.82, 2.24) is 9.97 Å². The highest BCUT2D eigenvalue weighted by Crippen LogP contribution is 2.30. The second-order valence-electron chi connectivity index (χ2n) is 7.74. The SMILES string of the molecule is Fc1cccc(Nc2cc(-c3cccc(OC(F)(F)F)c3)nc(NC3CCCCC3)n2)c1F. The Bertz CT molecular complexity index is 1120. The fraction of sp³-hybridized carbons (Fsp3) is 0.304. The Hall–Kier alpha value is -3.43. The summed E-state index contributed by atoms with van der Waals surface area (Å²) in [6.45, 7) is 0. The second kappa shape index (κ2) is 9.60. The minimum atomic E-state index is -4.83. The maximum Gasteiger partial charge on any atom is 0.573 e. The van der Waals surface area contributed by atoms with Crippen LogP contribution in [0.1, 0.15) is 32.1 Å². The van der Waals surface area contributed by atoms with Gasteiger partial charge in [-0.3, -0.25) is 0 Å². The molecule has 1 fully saturated rings. The molecule has 0 saturated heterocycles. The van der Waals surface area contributed by atoms with Gasteiger partial charge in [-0.2, -0.15) is 4.98 Å². The van der Waals surface area contributed by atoms with E-state index in [0.717, 1.165) is 38.2 Å². The van der Waals surface area contributed by atoms with Gasteiger partial charge in [-0.1, -0.05) is 37.5 Å². The number of benzene rings is 2. The summed E-state index contributed by atoms with van der Waals surface area (Å²) >= 11 is 0. The van der Waals surface area contributed by atoms with Crippen LogP contribution in [0.3, 0.4) is 0 Å². The van der Waals surface area contributed by atoms with Crippen molar-refractivity contribution in [2.75, 3.05) is 10.6 Å². The van der Waals surface area contributed by atoms with Gasteiger partial charge < -0.3 is 15.4 Å². The third-order valence-corrected chi connectivity index (χ3v) is 5.24. The summed E-state index contributed by atoms with van der Waals surface area (Å²) in [6.07, 6.45) is 0.311. The minimum Gasteiger partial charge on any atom is -0.406 e. The van der Waals surface area contributed by atoms with E-state index in [1.54, 1.807) is 6.07 Å². The lowest BCUT2D eigenvalue weighted by Gasteiger charge is -2.23. The van der Waals surface area contributed by atoms with Crippen molar-refractivity contribution in [1.29, 1.82) is 0 Å². The summed E-state index contributed by atoms with van der Waals surface area (Å²) in [5, 5.41) is 5.99. The molecule has 10 heteroatoms. The number of hydrogen-bond acceptors (Lipinski definition) is 5. The van der Waals surface area contributed by atoms with Crippen molar-refractivity contribution in [3.8, 4) is 17.0 Å². The quantitative estimate of drug-likeness (QED) is 0.393. The number of halogens is 5. The van der Waals surface area contributed by atoms with Gasteiger partial charge >= 0.3 is 6.36 Å². The number of nitrogens with zero attached hydrogens (tertiary/aromatic N) is 2. The molecular weight excluding hydrogens is 443 g/mol. The monoisotopic (exact) mass is 464 g/mol. The van der Waals surface area contributed by atoms with Crippen LogP contribution in [-0.4, -0.2) is 22.4 Å². The van der Waals surface area contributed by atoms with Crippen LogP contribution in [-0.2, 0) is 0 Å². The minimum absolute atomic E-state index is 0.127. The van der Waals surface area contributed by atoms with Gasteiger partial charge in [0.05, 0.1) is 11.4 Å². The molecule has 1 aromatic heterocycles. The van der Waals surface area contributed by atoms with Crippen LogP contribution in [0.25, 0.3) is 11.3 Å². The maximum atomic E-state index is 14.2. The van der Waals surface area contributed by atoms with Crippen molar-refractivity contribution < 1.29 is 26.7 Å². The van der Waals surface area contributed by atoms with Gasteiger partial charge in [0.25, 0.3) is 0 Å². The smallest absolute Gasteiger partial charge is 0.406 e. The number of anilines is 3. The molecule has 0 unspecified atom stereocenters. The lowest BCUT2D eigenvalue weighted by molar-refractivity contribution is -0.274. The van der Waals surface area contributed by atoms with Crippen LogP contribution >= 0.6 is 0 Å². The zero-order valence-corrected chi connectivity index (χ0v) is 17.4. The average Bonchev–Trinajstić information content (AvgIpc) is 2.76. The molecule has 0 radical (unpaired) electrons. The molecular formula is C23H21F5N4O. The van der Waals surface area contributed by atoms with E-state index in [9.17, 15) is 22.0 Å². The fourth-order valence-electron chi connectivity index (χ4n) is 3.74. The highest BCUT2D eigenvalue weighted by molar-refractivity contribution is 5.68. The first-order valence-electron chi connectivity index (χ1n) is 10.5. The van der Waals surface area contributed by atoms with Gasteiger partial charge in [-0.05, 0) is 37.1 Å². The Labute approximate surface area is 187 Å². The molecule has 33 heavy (non-hydrogen) atoms. The first kappa shape index (κ1) is 22.8. The lowest BCUT2D eigenvalue weighted by atomic mass is 9.96. The van der Waals surface area contributed by atoms with Crippen LogP contribution in [0.15, 0.2) is 48.5 Å². The summed E-state index contributed by atoms with van der Waals surface area (Å²) in [5.74, 6) is -2.09. The molecule has 2 aromatic carbocycles. The fourth-order valence-corrected chi connectivity index (χ4v) is 3.74. The number of alkyl halides is 3. The van der Waals surface area contributed by atoms with Crippen molar-refractivity contribution in [3.63, 3.8) is 0 Å². The average molecular weight is 464 g/mol. The Morgan fingerprint density at radius 1 is 0.909 bits per heavy atom. The number of hydrogen-bond donors (Lipinski definition) is 2. The predicted molar refractivity (Wildman–Crippen MR) is 114 cm³/mol. The van der Waals surface area contributed by atoms with Crippen LogP contribution in [0, 0.1) is 11.6 Å². The molecule has 0 amide bonds. The van der Waals surface area contributed by atoms with Gasteiger partial charge in [-0.25, -0.2) is 13.8 Å². The Balaban J connectivity index is 1.69. The van der Waals surface area contributed by atoms with Gasteiger partial charge in [0.2, 0.25) is 5.95 Å². The van der Waals surface area contributed by atoms with E-state index in [1.807, 2.05) is 0 Å². The highest BCUT2D eigenvalue weighted by Gasteiger charge is 2.31. The van der Waals surface area contributed by atoms with Crippen LogP contribution in [0.5, 0.6) is 5.75 Å². The van der Waals surface area contributed by atoms with Crippen molar-refractivity contribution >= 4 is 17.5 Å². The van der Waals surface area contributed by atoms with Gasteiger partial charge in [0.15, 0.2) is 11.6 Å². The lowest BCUT2D eigenvalue weighted by Crippen LogP contribution is -2.23. The van der Waals surface area contributed by atoms with Crippen LogP contribution in [0.2, 0.25) is 0 Å². The number of nitrogens with one attached hydrogen (secondary N) is 2. The van der Waals surface area contributed by atoms with E-state index in [-0.39, 0.29) is 29.2 Å². The molecule has 1 aliphatic carbocycles. The van der Waals surface area contributed by atoms with Gasteiger partial charge in [-0.15, -0.1) is 13.2 Å². The summed E-state index contributed by atoms with van der Waals surface area (Å²) in [7, 11) is 0. The number of aromatic nitrogens is 2. The molecule has 0 atom stereocenters. The van der Waals surface area contributed by atoms with E-state index in [4.69, 9.17) is 0 Å². The standard InChI is InChI=1S/C23H21F5N4O/c24-17-10-5-11-18(21(17)25)30-20-13-19(14-6-4-9-16(12-14)33-23(26,27)28)31-22(32-20)29-15-7-2-1-3-8-15/h4-6,9-13,15H,1-3,7-8H2,(H2,29,30,31,32). The first-order valence-corrected chi connectivity index (χ1v) is 10.5. The summed E-state index contributed by atoms with van der Waals surface area (Å²) in [4.78, 5) is 8.82. The molecule has 1 aliphatic rings. The molecule has 174 valence electrons. The van der Waals surface area contributed by atoms with Crippen molar-refractivity contribution in [2.45, 2.75) is 44.5 Å². The number of ether oxygens (including phenoxy) is 1. The largest absolute Gasteiger partial charge is 0.573 e. The molecule has 1 saturated carbocycles. The van der Waals surface area contributed by atoms with E-state index >= 15 is 0 Å². The molecule has 0 aliphatic heterocycles. The second-order valence-corrected chi connectivity index (χ2v) is 7.74. The van der Waals surface area contributed by atoms with Crippen LogP contribution in [0.4, 0.5) is 39.4 Å². The van der Waals surface area contributed by atoms with Crippen LogP contribution < -0.4 is 15.4 Å². The molecule has 5 nitrogen and oxygen atoms in total. The summed E-state index contributed by atoms with van der Waals surface area (Å²) in [5.41, 5.74) is 0.501. The molecule has 0 spiro atoms. The van der Waals surface area contributed by atoms with E-state index < -0.39 is 23.7 Å². The van der Waals surface area contributed by atoms with Gasteiger partial charge in [0, 0.05) is 17.7 Å². The molecule has 1 heterocycles. The third-order valence-electron chi connectivity index (χ3n) is 5.24. The van der Waals surface area contributed by atoms with Crippen molar-refractivity contribution in [2.24, 2.45) is 0 Å². The van der Waals surface area contributed by atoms with E-state index in [1.165, 1.54) is 36.4 Å². The predicted octanol–water partition coefficient (Wildman–Crippen LogP) is 6.81. The molecule has 3 aromatic rings. The third kappa shape index (κ3) is 6.09. The zero-order chi connectivity index (χ0) is 23.4. The Kier molecular flexibility index (Phi) is 6.62. The number of rotatable bonds is 6. The van der Waals surface area contributed by atoms with E-state index in [2.05, 4.69) is 25.3 Å². The highest BCUT2D eigenvalue weighted by atomic mass is 19.4. The zero-order valence-electron chi connectivity index (χ0n) is 17.4. The Morgan fingerprint density at radius 3 is 2.42 bits per heavy atom. The van der Waals surface area contributed by atoms with E-state index in [0.29, 0.717) is 5.56 Å². The summed E-state index contributed by atoms with van der Waals surface area (Å²) < 4.78 is 69.7. The molecule has 0 bridgehead atoms. The summed E-state index contributed by atoms with van der Waals surface area (Å²) in [6, 6.07) is 10.7.